The third kappa shape index (κ3) is 4.53. The molecule has 1 aromatic heterocycles. The van der Waals surface area contributed by atoms with E-state index in [-0.39, 0.29) is 29.7 Å². The Morgan fingerprint density at radius 1 is 1.19 bits per heavy atom. The topological polar surface area (TPSA) is 79.0 Å². The summed E-state index contributed by atoms with van der Waals surface area (Å²) in [7, 11) is 0. The van der Waals surface area contributed by atoms with Gasteiger partial charge in [-0.25, -0.2) is 0 Å². The molecule has 0 aliphatic carbocycles. The quantitative estimate of drug-likeness (QED) is 0.690. The maximum Gasteiger partial charge on any atom is 0.261 e. The number of nitrogens with one attached hydrogen (secondary N) is 1. The lowest BCUT2D eigenvalue weighted by Crippen LogP contribution is -2.39. The number of hydrogen-bond acceptors (Lipinski definition) is 5. The van der Waals surface area contributed by atoms with Crippen LogP contribution in [0, 0.1) is 12.8 Å². The van der Waals surface area contributed by atoms with E-state index in [0.717, 1.165) is 20.7 Å². The Bertz CT molecular complexity index is 1020. The van der Waals surface area contributed by atoms with Gasteiger partial charge < -0.3 is 19.9 Å². The Morgan fingerprint density at radius 3 is 2.71 bits per heavy atom. The summed E-state index contributed by atoms with van der Waals surface area (Å²) in [6, 6.07) is 9.01. The lowest BCUT2D eigenvalue weighted by molar-refractivity contribution is -0.120. The van der Waals surface area contributed by atoms with Crippen LogP contribution >= 0.6 is 27.3 Å². The Kier molecular flexibility index (Phi) is 6.45. The summed E-state index contributed by atoms with van der Waals surface area (Å²) in [5.41, 5.74) is 2.53. The van der Waals surface area contributed by atoms with Gasteiger partial charge in [0.2, 0.25) is 11.8 Å². The van der Waals surface area contributed by atoms with Gasteiger partial charge in [0.15, 0.2) is 0 Å². The van der Waals surface area contributed by atoms with Crippen LogP contribution in [-0.4, -0.2) is 50.1 Å². The average Bonchev–Trinajstić information content (AvgIpc) is 3.21. The fourth-order valence-electron chi connectivity index (χ4n) is 3.98. The minimum atomic E-state index is -0.323. The first-order chi connectivity index (χ1) is 14.8. The van der Waals surface area contributed by atoms with E-state index in [1.807, 2.05) is 38.1 Å². The molecule has 1 aromatic carbocycles. The minimum Gasteiger partial charge on any atom is -0.379 e. The highest BCUT2D eigenvalue weighted by molar-refractivity contribution is 9.11. The SMILES string of the molecule is Cc1cc(N2CC(NC(=O)c3ccc(Br)s3)C(C)C2=O)ccc1N1CCOCCC1=O. The van der Waals surface area contributed by atoms with Crippen molar-refractivity contribution in [3.63, 3.8) is 0 Å². The maximum atomic E-state index is 12.9. The third-order valence-corrected chi connectivity index (χ3v) is 7.38. The van der Waals surface area contributed by atoms with Gasteiger partial charge in [0.1, 0.15) is 0 Å². The van der Waals surface area contributed by atoms with Gasteiger partial charge in [-0.15, -0.1) is 11.3 Å². The van der Waals surface area contributed by atoms with Crippen LogP contribution in [0.15, 0.2) is 34.1 Å². The molecule has 9 heteroatoms. The van der Waals surface area contributed by atoms with Crippen LogP contribution in [0.1, 0.15) is 28.6 Å². The number of nitrogens with zero attached hydrogens (tertiary/aromatic N) is 2. The molecule has 0 spiro atoms. The monoisotopic (exact) mass is 505 g/mol. The normalized spacial score (nSPS) is 22.0. The highest BCUT2D eigenvalue weighted by atomic mass is 79.9. The number of carbonyl (C=O) groups excluding carboxylic acids is 3. The zero-order valence-corrected chi connectivity index (χ0v) is 19.8. The lowest BCUT2D eigenvalue weighted by atomic mass is 10.1. The number of thiophene rings is 1. The predicted octanol–water partition coefficient (Wildman–Crippen LogP) is 3.35. The highest BCUT2D eigenvalue weighted by Crippen LogP contribution is 2.31. The molecule has 3 amide bonds. The molecular weight excluding hydrogens is 482 g/mol. The third-order valence-electron chi connectivity index (χ3n) is 5.76. The summed E-state index contributed by atoms with van der Waals surface area (Å²) < 4.78 is 6.30. The largest absolute Gasteiger partial charge is 0.379 e. The van der Waals surface area contributed by atoms with E-state index in [1.165, 1.54) is 11.3 Å². The smallest absolute Gasteiger partial charge is 0.261 e. The first kappa shape index (κ1) is 22.0. The second kappa shape index (κ2) is 9.10. The van der Waals surface area contributed by atoms with E-state index >= 15 is 0 Å². The van der Waals surface area contributed by atoms with E-state index < -0.39 is 0 Å². The number of aryl methyl sites for hydroxylation is 1. The second-order valence-corrected chi connectivity index (χ2v) is 10.3. The van der Waals surface area contributed by atoms with Crippen LogP contribution in [0.3, 0.4) is 0 Å². The molecule has 3 heterocycles. The summed E-state index contributed by atoms with van der Waals surface area (Å²) in [4.78, 5) is 41.9. The van der Waals surface area contributed by atoms with Gasteiger partial charge in [-0.05, 0) is 58.7 Å². The fraction of sp³-hybridized carbons (Fsp3) is 0.409. The summed E-state index contributed by atoms with van der Waals surface area (Å²) in [5, 5.41) is 3.00. The molecule has 2 atom stereocenters. The molecule has 0 radical (unpaired) electrons. The molecule has 164 valence electrons. The van der Waals surface area contributed by atoms with Gasteiger partial charge in [-0.3, -0.25) is 14.4 Å². The molecule has 2 aromatic rings. The van der Waals surface area contributed by atoms with Crippen molar-refractivity contribution in [2.45, 2.75) is 26.3 Å². The molecule has 0 bridgehead atoms. The van der Waals surface area contributed by atoms with Gasteiger partial charge in [0, 0.05) is 24.5 Å². The lowest BCUT2D eigenvalue weighted by Gasteiger charge is -2.24. The van der Waals surface area contributed by atoms with Crippen LogP contribution in [0.2, 0.25) is 0 Å². The molecule has 2 aliphatic heterocycles. The van der Waals surface area contributed by atoms with E-state index in [0.29, 0.717) is 37.6 Å². The molecule has 2 aliphatic rings. The number of anilines is 2. The van der Waals surface area contributed by atoms with Gasteiger partial charge in [0.25, 0.3) is 5.91 Å². The van der Waals surface area contributed by atoms with E-state index in [4.69, 9.17) is 4.74 Å². The van der Waals surface area contributed by atoms with Crippen LogP contribution in [0.25, 0.3) is 0 Å². The molecule has 0 saturated carbocycles. The maximum absolute atomic E-state index is 12.9. The highest BCUT2D eigenvalue weighted by Gasteiger charge is 2.39. The second-order valence-electron chi connectivity index (χ2n) is 7.80. The molecule has 2 unspecified atom stereocenters. The Morgan fingerprint density at radius 2 is 2.00 bits per heavy atom. The zero-order chi connectivity index (χ0) is 22.1. The van der Waals surface area contributed by atoms with Crippen molar-refractivity contribution in [1.82, 2.24) is 5.32 Å². The molecule has 1 N–H and O–H groups in total. The number of ether oxygens (including phenoxy) is 1. The van der Waals surface area contributed by atoms with Crippen molar-refractivity contribution in [2.75, 3.05) is 36.1 Å². The Hall–Kier alpha value is -2.23. The number of halogens is 1. The first-order valence-corrected chi connectivity index (χ1v) is 11.8. The number of rotatable bonds is 4. The number of benzene rings is 1. The number of amides is 3. The van der Waals surface area contributed by atoms with Gasteiger partial charge in [-0.1, -0.05) is 6.92 Å². The molecule has 31 heavy (non-hydrogen) atoms. The Labute approximate surface area is 193 Å². The fourth-order valence-corrected chi connectivity index (χ4v) is 5.27. The molecular formula is C22H24BrN3O4S. The zero-order valence-electron chi connectivity index (χ0n) is 17.4. The van der Waals surface area contributed by atoms with Crippen LogP contribution in [-0.2, 0) is 14.3 Å². The summed E-state index contributed by atoms with van der Waals surface area (Å²) >= 11 is 4.73. The van der Waals surface area contributed by atoms with E-state index in [9.17, 15) is 14.4 Å². The van der Waals surface area contributed by atoms with E-state index in [2.05, 4.69) is 21.2 Å². The van der Waals surface area contributed by atoms with Crippen molar-refractivity contribution in [3.8, 4) is 0 Å². The van der Waals surface area contributed by atoms with E-state index in [1.54, 1.807) is 15.9 Å². The summed E-state index contributed by atoms with van der Waals surface area (Å²) in [5.74, 6) is -0.474. The van der Waals surface area contributed by atoms with Crippen molar-refractivity contribution >= 4 is 56.4 Å². The molecule has 2 saturated heterocycles. The van der Waals surface area contributed by atoms with Crippen LogP contribution < -0.4 is 15.1 Å². The van der Waals surface area contributed by atoms with Crippen molar-refractivity contribution in [1.29, 1.82) is 0 Å². The summed E-state index contributed by atoms with van der Waals surface area (Å²) in [6.07, 6.45) is 0.367. The summed E-state index contributed by atoms with van der Waals surface area (Å²) in [6.45, 7) is 5.67. The van der Waals surface area contributed by atoms with Crippen molar-refractivity contribution in [2.24, 2.45) is 5.92 Å². The van der Waals surface area contributed by atoms with Crippen LogP contribution in [0.5, 0.6) is 0 Å². The molecule has 7 nitrogen and oxygen atoms in total. The standard InChI is InChI=1S/C22H24BrN3O4S/c1-13-11-15(3-4-17(13)25-8-10-30-9-7-20(25)27)26-12-16(14(2)22(26)29)24-21(28)18-5-6-19(23)31-18/h3-6,11,14,16H,7-10,12H2,1-2H3,(H,24,28). The molecule has 4 rings (SSSR count). The Balaban J connectivity index is 1.50. The van der Waals surface area contributed by atoms with Gasteiger partial charge in [0.05, 0.1) is 40.3 Å². The van der Waals surface area contributed by atoms with Crippen LogP contribution in [0.4, 0.5) is 11.4 Å². The first-order valence-electron chi connectivity index (χ1n) is 10.2. The van der Waals surface area contributed by atoms with Crippen molar-refractivity contribution < 1.29 is 19.1 Å². The van der Waals surface area contributed by atoms with Gasteiger partial charge in [-0.2, -0.15) is 0 Å². The van der Waals surface area contributed by atoms with Crippen molar-refractivity contribution in [3.05, 3.63) is 44.6 Å². The minimum absolute atomic E-state index is 0.0240. The average molecular weight is 506 g/mol. The molecule has 2 fully saturated rings. The number of hydrogen-bond donors (Lipinski definition) is 1. The van der Waals surface area contributed by atoms with Gasteiger partial charge >= 0.3 is 0 Å². The number of carbonyl (C=O) groups is 3. The predicted molar refractivity (Wildman–Crippen MR) is 124 cm³/mol.